The monoisotopic (exact) mass is 293 g/mol. The number of hydrogen-bond donors (Lipinski definition) is 1. The Balaban J connectivity index is 1.87. The molecule has 114 valence electrons. The molecule has 0 aromatic heterocycles. The average Bonchev–Trinajstić information content (AvgIpc) is 2.57. The standard InChI is InChI=1S/C19H23N3/c1-15-11-13-22(14-12-15)19(20)21-18-10-6-5-9-17(18)16-7-3-2-4-8-16/h2-10,15H,11-14H2,1H3,(H2,20,21). The molecule has 22 heavy (non-hydrogen) atoms. The van der Waals surface area contributed by atoms with Crippen LogP contribution in [0.15, 0.2) is 59.6 Å². The molecule has 0 radical (unpaired) electrons. The van der Waals surface area contributed by atoms with Crippen LogP contribution in [-0.2, 0) is 0 Å². The van der Waals surface area contributed by atoms with E-state index in [1.807, 2.05) is 36.4 Å². The number of rotatable bonds is 2. The van der Waals surface area contributed by atoms with Gasteiger partial charge in [-0.05, 0) is 30.4 Å². The van der Waals surface area contributed by atoms with E-state index in [0.717, 1.165) is 30.3 Å². The molecule has 0 saturated carbocycles. The maximum absolute atomic E-state index is 6.25. The normalized spacial score (nSPS) is 16.8. The molecule has 3 heteroatoms. The molecule has 1 aliphatic rings. The zero-order valence-electron chi connectivity index (χ0n) is 13.1. The third-order valence-corrected chi connectivity index (χ3v) is 4.33. The van der Waals surface area contributed by atoms with Gasteiger partial charge in [0.25, 0.3) is 0 Å². The topological polar surface area (TPSA) is 41.6 Å². The van der Waals surface area contributed by atoms with Crippen molar-refractivity contribution >= 4 is 11.6 Å². The minimum atomic E-state index is 0.635. The Morgan fingerprint density at radius 2 is 1.64 bits per heavy atom. The highest BCUT2D eigenvalue weighted by Crippen LogP contribution is 2.30. The van der Waals surface area contributed by atoms with E-state index in [-0.39, 0.29) is 0 Å². The van der Waals surface area contributed by atoms with Crippen molar-refractivity contribution < 1.29 is 0 Å². The van der Waals surface area contributed by atoms with Crippen molar-refractivity contribution in [2.75, 3.05) is 13.1 Å². The smallest absolute Gasteiger partial charge is 0.196 e. The summed E-state index contributed by atoms with van der Waals surface area (Å²) in [6, 6.07) is 18.5. The van der Waals surface area contributed by atoms with Gasteiger partial charge in [0, 0.05) is 18.7 Å². The second kappa shape index (κ2) is 6.65. The van der Waals surface area contributed by atoms with Gasteiger partial charge in [-0.3, -0.25) is 0 Å². The Kier molecular flexibility index (Phi) is 4.42. The van der Waals surface area contributed by atoms with Gasteiger partial charge < -0.3 is 10.6 Å². The lowest BCUT2D eigenvalue weighted by Crippen LogP contribution is -2.42. The lowest BCUT2D eigenvalue weighted by molar-refractivity contribution is 0.278. The highest BCUT2D eigenvalue weighted by Gasteiger charge is 2.17. The number of para-hydroxylation sites is 1. The van der Waals surface area contributed by atoms with Gasteiger partial charge in [-0.25, -0.2) is 4.99 Å². The summed E-state index contributed by atoms with van der Waals surface area (Å²) in [6.07, 6.45) is 2.38. The van der Waals surface area contributed by atoms with Crippen LogP contribution in [-0.4, -0.2) is 23.9 Å². The Morgan fingerprint density at radius 1 is 1.00 bits per heavy atom. The molecule has 0 bridgehead atoms. The fourth-order valence-corrected chi connectivity index (χ4v) is 2.86. The second-order valence-electron chi connectivity index (χ2n) is 6.02. The third-order valence-electron chi connectivity index (χ3n) is 4.33. The Hall–Kier alpha value is -2.29. The SMILES string of the molecule is CC1CCN(C(N)=Nc2ccccc2-c2ccccc2)CC1. The summed E-state index contributed by atoms with van der Waals surface area (Å²) < 4.78 is 0. The highest BCUT2D eigenvalue weighted by molar-refractivity contribution is 5.85. The molecule has 1 heterocycles. The molecule has 2 aromatic rings. The van der Waals surface area contributed by atoms with Crippen molar-refractivity contribution in [1.82, 2.24) is 4.90 Å². The van der Waals surface area contributed by atoms with Crippen LogP contribution < -0.4 is 5.73 Å². The predicted molar refractivity (Wildman–Crippen MR) is 93.1 cm³/mol. The van der Waals surface area contributed by atoms with E-state index in [9.17, 15) is 0 Å². The lowest BCUT2D eigenvalue weighted by Gasteiger charge is -2.31. The quantitative estimate of drug-likeness (QED) is 0.671. The van der Waals surface area contributed by atoms with Gasteiger partial charge in [-0.2, -0.15) is 0 Å². The summed E-state index contributed by atoms with van der Waals surface area (Å²) in [5, 5.41) is 0. The highest BCUT2D eigenvalue weighted by atomic mass is 15.3. The van der Waals surface area contributed by atoms with Crippen molar-refractivity contribution in [1.29, 1.82) is 0 Å². The third kappa shape index (κ3) is 3.30. The van der Waals surface area contributed by atoms with E-state index in [0.29, 0.717) is 5.96 Å². The van der Waals surface area contributed by atoms with Crippen LogP contribution in [0.25, 0.3) is 11.1 Å². The molecular formula is C19H23N3. The number of hydrogen-bond acceptors (Lipinski definition) is 1. The second-order valence-corrected chi connectivity index (χ2v) is 6.02. The summed E-state index contributed by atoms with van der Waals surface area (Å²) in [6.45, 7) is 4.31. The molecule has 0 spiro atoms. The molecule has 1 saturated heterocycles. The summed E-state index contributed by atoms with van der Waals surface area (Å²) in [4.78, 5) is 6.90. The number of likely N-dealkylation sites (tertiary alicyclic amines) is 1. The summed E-state index contributed by atoms with van der Waals surface area (Å²) >= 11 is 0. The maximum atomic E-state index is 6.25. The first kappa shape index (κ1) is 14.6. The lowest BCUT2D eigenvalue weighted by atomic mass is 9.99. The molecule has 1 aliphatic heterocycles. The Bertz CT molecular complexity index is 641. The van der Waals surface area contributed by atoms with E-state index >= 15 is 0 Å². The summed E-state index contributed by atoms with van der Waals surface area (Å²) in [7, 11) is 0. The molecule has 0 amide bonds. The van der Waals surface area contributed by atoms with Gasteiger partial charge in [-0.15, -0.1) is 0 Å². The van der Waals surface area contributed by atoms with Crippen LogP contribution >= 0.6 is 0 Å². The molecule has 3 rings (SSSR count). The van der Waals surface area contributed by atoms with Crippen LogP contribution in [0.5, 0.6) is 0 Å². The zero-order chi connectivity index (χ0) is 15.4. The van der Waals surface area contributed by atoms with Crippen molar-refractivity contribution in [2.24, 2.45) is 16.6 Å². The van der Waals surface area contributed by atoms with E-state index in [2.05, 4.69) is 30.0 Å². The molecule has 3 nitrogen and oxygen atoms in total. The minimum absolute atomic E-state index is 0.635. The molecule has 0 atom stereocenters. The molecule has 0 unspecified atom stereocenters. The van der Waals surface area contributed by atoms with Gasteiger partial charge in [-0.1, -0.05) is 55.5 Å². The van der Waals surface area contributed by atoms with E-state index in [1.54, 1.807) is 0 Å². The number of piperidine rings is 1. The number of guanidine groups is 1. The Labute approximate surface area is 132 Å². The van der Waals surface area contributed by atoms with Crippen molar-refractivity contribution in [3.05, 3.63) is 54.6 Å². The van der Waals surface area contributed by atoms with Gasteiger partial charge in [0.1, 0.15) is 0 Å². The first-order valence-electron chi connectivity index (χ1n) is 7.97. The van der Waals surface area contributed by atoms with Gasteiger partial charge >= 0.3 is 0 Å². The van der Waals surface area contributed by atoms with E-state index in [4.69, 9.17) is 10.7 Å². The number of nitrogens with two attached hydrogens (primary N) is 1. The van der Waals surface area contributed by atoms with Crippen LogP contribution in [0.4, 0.5) is 5.69 Å². The van der Waals surface area contributed by atoms with E-state index < -0.39 is 0 Å². The predicted octanol–water partition coefficient (Wildman–Crippen LogP) is 4.03. The number of benzene rings is 2. The van der Waals surface area contributed by atoms with Crippen molar-refractivity contribution in [3.8, 4) is 11.1 Å². The van der Waals surface area contributed by atoms with Crippen LogP contribution in [0.1, 0.15) is 19.8 Å². The average molecular weight is 293 g/mol. The van der Waals surface area contributed by atoms with Gasteiger partial charge in [0.15, 0.2) is 5.96 Å². The first-order valence-corrected chi connectivity index (χ1v) is 7.97. The zero-order valence-corrected chi connectivity index (χ0v) is 13.1. The maximum Gasteiger partial charge on any atom is 0.196 e. The first-order chi connectivity index (χ1) is 10.7. The molecular weight excluding hydrogens is 270 g/mol. The number of nitrogens with zero attached hydrogens (tertiary/aromatic N) is 2. The molecule has 1 fully saturated rings. The van der Waals surface area contributed by atoms with Crippen LogP contribution in [0.3, 0.4) is 0 Å². The van der Waals surface area contributed by atoms with Gasteiger partial charge in [0.2, 0.25) is 0 Å². The fourth-order valence-electron chi connectivity index (χ4n) is 2.86. The summed E-state index contributed by atoms with van der Waals surface area (Å²) in [5.41, 5.74) is 9.47. The fraction of sp³-hybridized carbons (Fsp3) is 0.316. The minimum Gasteiger partial charge on any atom is -0.369 e. The number of aliphatic imine (C=N–C) groups is 1. The largest absolute Gasteiger partial charge is 0.369 e. The van der Waals surface area contributed by atoms with E-state index in [1.165, 1.54) is 18.4 Å². The Morgan fingerprint density at radius 3 is 2.36 bits per heavy atom. The van der Waals surface area contributed by atoms with Gasteiger partial charge in [0.05, 0.1) is 5.69 Å². The van der Waals surface area contributed by atoms with Crippen molar-refractivity contribution in [2.45, 2.75) is 19.8 Å². The van der Waals surface area contributed by atoms with Crippen LogP contribution in [0.2, 0.25) is 0 Å². The molecule has 2 aromatic carbocycles. The summed E-state index contributed by atoms with van der Waals surface area (Å²) in [5.74, 6) is 1.43. The van der Waals surface area contributed by atoms with Crippen LogP contribution in [0, 0.1) is 5.92 Å². The molecule has 0 aliphatic carbocycles. The molecule has 2 N–H and O–H groups in total. The van der Waals surface area contributed by atoms with Crippen molar-refractivity contribution in [3.63, 3.8) is 0 Å².